The Balaban J connectivity index is 1.72. The lowest BCUT2D eigenvalue weighted by atomic mass is 10.0. The minimum absolute atomic E-state index is 0.786. The summed E-state index contributed by atoms with van der Waals surface area (Å²) < 4.78 is 6.84. The summed E-state index contributed by atoms with van der Waals surface area (Å²) >= 11 is 2.37. The van der Waals surface area contributed by atoms with Gasteiger partial charge in [0.05, 0.1) is 6.61 Å². The quantitative estimate of drug-likeness (QED) is 0.264. The molecule has 0 heterocycles. The van der Waals surface area contributed by atoms with Crippen LogP contribution < -0.4 is 4.74 Å². The molecule has 0 aromatic heterocycles. The highest BCUT2D eigenvalue weighted by Crippen LogP contribution is 2.26. The van der Waals surface area contributed by atoms with Gasteiger partial charge in [0.15, 0.2) is 0 Å². The van der Waals surface area contributed by atoms with Gasteiger partial charge in [0.2, 0.25) is 0 Å². The molecule has 0 radical (unpaired) electrons. The van der Waals surface area contributed by atoms with Gasteiger partial charge in [-0.15, -0.1) is 0 Å². The predicted octanol–water partition coefficient (Wildman–Crippen LogP) is 6.22. The van der Waals surface area contributed by atoms with E-state index in [9.17, 15) is 0 Å². The number of rotatable bonds is 6. The Hall–Kier alpha value is -1.81. The first-order valence-corrected chi connectivity index (χ1v) is 9.34. The highest BCUT2D eigenvalue weighted by Gasteiger charge is 2.01. The van der Waals surface area contributed by atoms with Crippen LogP contribution in [0.2, 0.25) is 0 Å². The van der Waals surface area contributed by atoms with Crippen molar-refractivity contribution in [2.45, 2.75) is 6.42 Å². The lowest BCUT2D eigenvalue weighted by Crippen LogP contribution is -1.97. The summed E-state index contributed by atoms with van der Waals surface area (Å²) in [4.78, 5) is 0. The van der Waals surface area contributed by atoms with Gasteiger partial charge >= 0.3 is 0 Å². The number of ether oxygens (including phenoxy) is 1. The Morgan fingerprint density at radius 2 is 1.09 bits per heavy atom. The van der Waals surface area contributed by atoms with Gasteiger partial charge < -0.3 is 4.74 Å². The highest BCUT2D eigenvalue weighted by molar-refractivity contribution is 14.1. The van der Waals surface area contributed by atoms with E-state index >= 15 is 0 Å². The largest absolute Gasteiger partial charge is 0.494 e. The van der Waals surface area contributed by atoms with Gasteiger partial charge in [0.25, 0.3) is 0 Å². The molecular weight excluding hydrogens is 395 g/mol. The highest BCUT2D eigenvalue weighted by atomic mass is 127. The lowest BCUT2D eigenvalue weighted by molar-refractivity contribution is 0.319. The minimum Gasteiger partial charge on any atom is -0.494 e. The number of benzene rings is 3. The third kappa shape index (κ3) is 4.35. The molecule has 23 heavy (non-hydrogen) atoms. The fourth-order valence-corrected chi connectivity index (χ4v) is 2.79. The van der Waals surface area contributed by atoms with Crippen molar-refractivity contribution in [3.63, 3.8) is 0 Å². The zero-order valence-corrected chi connectivity index (χ0v) is 15.1. The molecule has 0 N–H and O–H groups in total. The Morgan fingerprint density at radius 3 is 1.61 bits per heavy atom. The zero-order chi connectivity index (χ0) is 15.9. The van der Waals surface area contributed by atoms with E-state index < -0.39 is 0 Å². The fraction of sp³-hybridized carbons (Fsp3) is 0.143. The van der Waals surface area contributed by atoms with E-state index in [4.69, 9.17) is 4.74 Å². The van der Waals surface area contributed by atoms with Gasteiger partial charge in [-0.2, -0.15) is 0 Å². The van der Waals surface area contributed by atoms with Crippen LogP contribution in [0, 0.1) is 0 Å². The summed E-state index contributed by atoms with van der Waals surface area (Å²) in [6, 6.07) is 27.5. The number of hydrogen-bond acceptors (Lipinski definition) is 1. The molecule has 116 valence electrons. The molecule has 0 aliphatic rings. The van der Waals surface area contributed by atoms with E-state index in [-0.39, 0.29) is 0 Å². The maximum atomic E-state index is 5.71. The van der Waals surface area contributed by atoms with Gasteiger partial charge in [-0.3, -0.25) is 0 Å². The summed E-state index contributed by atoms with van der Waals surface area (Å²) in [5, 5.41) is 0. The third-order valence-electron chi connectivity index (χ3n) is 3.73. The average molecular weight is 414 g/mol. The molecule has 3 rings (SSSR count). The predicted molar refractivity (Wildman–Crippen MR) is 106 cm³/mol. The molecular formula is C21H19IO. The molecule has 0 unspecified atom stereocenters. The summed E-state index contributed by atoms with van der Waals surface area (Å²) in [6.45, 7) is 0.786. The van der Waals surface area contributed by atoms with E-state index in [1.54, 1.807) is 0 Å². The Morgan fingerprint density at radius 1 is 0.609 bits per heavy atom. The first-order chi connectivity index (χ1) is 11.4. The van der Waals surface area contributed by atoms with Crippen LogP contribution in [0.3, 0.4) is 0 Å². The van der Waals surface area contributed by atoms with E-state index in [1.807, 2.05) is 18.2 Å². The van der Waals surface area contributed by atoms with Crippen molar-refractivity contribution in [3.8, 4) is 28.0 Å². The lowest BCUT2D eigenvalue weighted by Gasteiger charge is -2.08. The number of hydrogen-bond donors (Lipinski definition) is 0. The van der Waals surface area contributed by atoms with Crippen LogP contribution in [0.25, 0.3) is 22.3 Å². The van der Waals surface area contributed by atoms with Gasteiger partial charge in [-0.25, -0.2) is 0 Å². The fourth-order valence-electron chi connectivity index (χ4n) is 2.47. The summed E-state index contributed by atoms with van der Waals surface area (Å²) in [5.41, 5.74) is 4.93. The van der Waals surface area contributed by atoms with Crippen LogP contribution in [0.5, 0.6) is 5.75 Å². The monoisotopic (exact) mass is 414 g/mol. The number of halogens is 1. The average Bonchev–Trinajstić information content (AvgIpc) is 2.63. The molecule has 0 atom stereocenters. The Labute approximate surface area is 151 Å². The van der Waals surface area contributed by atoms with Crippen molar-refractivity contribution < 1.29 is 4.74 Å². The molecule has 0 aliphatic carbocycles. The standard InChI is InChI=1S/C21H19IO/c22-15-4-16-23-21-13-11-20(12-14-21)19-9-7-18(8-10-19)17-5-2-1-3-6-17/h1-3,5-14H,4,15-16H2. The van der Waals surface area contributed by atoms with Gasteiger partial charge in [0.1, 0.15) is 5.75 Å². The summed E-state index contributed by atoms with van der Waals surface area (Å²) in [6.07, 6.45) is 1.09. The molecule has 1 nitrogen and oxygen atoms in total. The van der Waals surface area contributed by atoms with E-state index in [0.717, 1.165) is 23.2 Å². The molecule has 0 bridgehead atoms. The van der Waals surface area contributed by atoms with E-state index in [2.05, 4.69) is 83.3 Å². The first-order valence-electron chi connectivity index (χ1n) is 7.81. The maximum absolute atomic E-state index is 5.71. The topological polar surface area (TPSA) is 9.23 Å². The zero-order valence-electron chi connectivity index (χ0n) is 12.9. The second-order valence-electron chi connectivity index (χ2n) is 5.36. The Bertz CT molecular complexity index is 718. The number of alkyl halides is 1. The first kappa shape index (κ1) is 16.1. The molecule has 3 aromatic rings. The van der Waals surface area contributed by atoms with Gasteiger partial charge in [-0.05, 0) is 40.8 Å². The smallest absolute Gasteiger partial charge is 0.119 e. The van der Waals surface area contributed by atoms with Crippen LogP contribution in [-0.2, 0) is 0 Å². The summed E-state index contributed by atoms with van der Waals surface area (Å²) in [5.74, 6) is 0.944. The van der Waals surface area contributed by atoms with Crippen LogP contribution in [-0.4, -0.2) is 11.0 Å². The minimum atomic E-state index is 0.786. The summed E-state index contributed by atoms with van der Waals surface area (Å²) in [7, 11) is 0. The van der Waals surface area contributed by atoms with E-state index in [1.165, 1.54) is 22.3 Å². The molecule has 2 heteroatoms. The van der Waals surface area contributed by atoms with Crippen LogP contribution >= 0.6 is 22.6 Å². The molecule has 0 saturated carbocycles. The third-order valence-corrected chi connectivity index (χ3v) is 4.49. The molecule has 0 spiro atoms. The maximum Gasteiger partial charge on any atom is 0.119 e. The van der Waals surface area contributed by atoms with Crippen molar-refractivity contribution >= 4 is 22.6 Å². The van der Waals surface area contributed by atoms with Gasteiger partial charge in [0, 0.05) is 4.43 Å². The van der Waals surface area contributed by atoms with Crippen LogP contribution in [0.15, 0.2) is 78.9 Å². The second kappa shape index (κ2) is 8.16. The molecule has 0 fully saturated rings. The second-order valence-corrected chi connectivity index (χ2v) is 6.44. The molecule has 0 amide bonds. The molecule has 0 saturated heterocycles. The van der Waals surface area contributed by atoms with Crippen molar-refractivity contribution in [1.29, 1.82) is 0 Å². The van der Waals surface area contributed by atoms with Gasteiger partial charge in [-0.1, -0.05) is 89.3 Å². The normalized spacial score (nSPS) is 10.5. The molecule has 3 aromatic carbocycles. The van der Waals surface area contributed by atoms with Crippen molar-refractivity contribution in [2.75, 3.05) is 11.0 Å². The van der Waals surface area contributed by atoms with Crippen LogP contribution in [0.4, 0.5) is 0 Å². The van der Waals surface area contributed by atoms with Crippen molar-refractivity contribution in [1.82, 2.24) is 0 Å². The molecule has 0 aliphatic heterocycles. The SMILES string of the molecule is ICCCOc1ccc(-c2ccc(-c3ccccc3)cc2)cc1. The Kier molecular flexibility index (Phi) is 5.70. The van der Waals surface area contributed by atoms with E-state index in [0.29, 0.717) is 0 Å². The van der Waals surface area contributed by atoms with Crippen molar-refractivity contribution in [2.24, 2.45) is 0 Å². The van der Waals surface area contributed by atoms with Crippen LogP contribution in [0.1, 0.15) is 6.42 Å². The van der Waals surface area contributed by atoms with Crippen molar-refractivity contribution in [3.05, 3.63) is 78.9 Å².